The molecule has 3 heterocycles. The molecule has 0 fully saturated rings. The Hall–Kier alpha value is -5.16. The van der Waals surface area contributed by atoms with Crippen molar-refractivity contribution in [2.24, 2.45) is 13.0 Å². The SMILES string of the molecule is CCCCCCCCc1cc(-c2nc3c([N+](=O)[O-])cc(C#CC(C)C)cc3n2C)c2c(C=O)ccc3c4c(CCCCCCCC)cc5c6c(ccc(c1c23)c46)c(=O)n1c2cc(C#CC[S-])cc(N)c2nc51.[Cs+]. The molecule has 0 radical (unpaired) electrons. The molecule has 7 aromatic carbocycles. The maximum atomic E-state index is 15.1. The number of anilines is 1. The third-order valence-electron chi connectivity index (χ3n) is 14.7. The number of nitro benzene ring substituents is 1. The van der Waals surface area contributed by atoms with E-state index in [4.69, 9.17) is 28.3 Å². The number of imidazole rings is 2. The van der Waals surface area contributed by atoms with Gasteiger partial charge in [-0.2, -0.15) is 0 Å². The number of hydrogen-bond acceptors (Lipinski definition) is 8. The normalized spacial score (nSPS) is 11.8. The summed E-state index contributed by atoms with van der Waals surface area (Å²) in [5, 5.41) is 21.9. The molecule has 0 amide bonds. The standard InChI is InChI=1S/C61H60N6O4S.Cs/c1-6-8-10-12-14-16-20-39-33-45(59-64-58-48(65(59)5)30-38(23-22-36(3)4)32-50(58)67(70)71)53-41(35-68)24-25-42-52-40(21-17-15-13-11-9-7-2)34-46-54-44(27-26-43(56(52)54)51(39)55(42)53)61(69)66-49-31-37(19-18-28-72)29-47(62)57(49)63-60(46)66;/h24-27,29-36,72H,6-17,20-21,28,62H2,1-5H3;/q;+1/p-1. The number of nitrogens with two attached hydrogens (primary N) is 1. The van der Waals surface area contributed by atoms with Crippen LogP contribution in [0.3, 0.4) is 0 Å². The second-order valence-corrected chi connectivity index (χ2v) is 20.2. The van der Waals surface area contributed by atoms with Crippen LogP contribution in [0.5, 0.6) is 0 Å². The predicted molar refractivity (Wildman–Crippen MR) is 300 cm³/mol. The van der Waals surface area contributed by atoms with Gasteiger partial charge in [-0.05, 0) is 106 Å². The van der Waals surface area contributed by atoms with E-state index in [1.165, 1.54) is 38.2 Å². The van der Waals surface area contributed by atoms with Crippen molar-refractivity contribution in [3.8, 4) is 35.1 Å². The average Bonchev–Trinajstić information content (AvgIpc) is 3.93. The summed E-state index contributed by atoms with van der Waals surface area (Å²) in [7, 11) is 1.89. The fraction of sp³-hybridized carbons (Fsp3) is 0.344. The molecular weight excluding hydrogens is 1050 g/mol. The zero-order valence-electron chi connectivity index (χ0n) is 42.9. The van der Waals surface area contributed by atoms with Crippen molar-refractivity contribution in [3.05, 3.63) is 109 Å². The van der Waals surface area contributed by atoms with E-state index in [1.54, 1.807) is 10.5 Å². The molecule has 12 heteroatoms. The average molecular weight is 1110 g/mol. The topological polar surface area (TPSA) is 138 Å². The smallest absolute Gasteiger partial charge is 0.780 e. The van der Waals surface area contributed by atoms with Crippen LogP contribution in [-0.2, 0) is 32.5 Å². The van der Waals surface area contributed by atoms with Gasteiger partial charge in [-0.1, -0.05) is 128 Å². The number of carbonyl (C=O) groups is 1. The fourth-order valence-corrected chi connectivity index (χ4v) is 11.5. The zero-order valence-corrected chi connectivity index (χ0v) is 50.0. The molecule has 0 aliphatic heterocycles. The maximum Gasteiger partial charge on any atom is 1.00 e. The van der Waals surface area contributed by atoms with E-state index in [9.17, 15) is 14.9 Å². The zero-order chi connectivity index (χ0) is 50.4. The van der Waals surface area contributed by atoms with Crippen LogP contribution in [0.15, 0.2) is 65.5 Å². The number of nitro groups is 1. The Balaban J connectivity index is 0.00000656. The number of pyridine rings is 1. The second-order valence-electron chi connectivity index (χ2n) is 19.9. The summed E-state index contributed by atoms with van der Waals surface area (Å²) in [5.41, 5.74) is 14.1. The molecule has 0 aliphatic rings. The van der Waals surface area contributed by atoms with Gasteiger partial charge in [0, 0.05) is 62.8 Å². The summed E-state index contributed by atoms with van der Waals surface area (Å²) in [4.78, 5) is 51.3. The van der Waals surface area contributed by atoms with Crippen LogP contribution in [0.4, 0.5) is 11.4 Å². The second kappa shape index (κ2) is 22.4. The van der Waals surface area contributed by atoms with E-state index in [-0.39, 0.29) is 102 Å². The number of hydrogen-bond donors (Lipinski definition) is 1. The molecule has 364 valence electrons. The van der Waals surface area contributed by atoms with Gasteiger partial charge in [0.05, 0.1) is 21.6 Å². The number of nitrogen functional groups attached to an aromatic ring is 1. The summed E-state index contributed by atoms with van der Waals surface area (Å²) >= 11 is 5.12. The van der Waals surface area contributed by atoms with E-state index < -0.39 is 0 Å². The number of aryl methyl sites for hydroxylation is 3. The molecular formula is C61H59CsN6O4S. The molecule has 3 aromatic heterocycles. The minimum atomic E-state index is -0.386. The van der Waals surface area contributed by atoms with Crippen LogP contribution in [0.1, 0.15) is 137 Å². The van der Waals surface area contributed by atoms with Crippen LogP contribution < -0.4 is 80.2 Å². The fourth-order valence-electron chi connectivity index (χ4n) is 11.4. The van der Waals surface area contributed by atoms with Gasteiger partial charge in [-0.15, -0.1) is 11.7 Å². The van der Waals surface area contributed by atoms with Crippen molar-refractivity contribution < 1.29 is 78.6 Å². The van der Waals surface area contributed by atoms with Crippen LogP contribution in [0.25, 0.3) is 93.0 Å². The minimum absolute atomic E-state index is 0. The third-order valence-corrected chi connectivity index (χ3v) is 14.8. The number of unbranched alkanes of at least 4 members (excludes halogenated alkanes) is 10. The van der Waals surface area contributed by atoms with E-state index in [2.05, 4.69) is 61.8 Å². The molecule has 10 nitrogen and oxygen atoms in total. The van der Waals surface area contributed by atoms with Crippen molar-refractivity contribution in [2.45, 2.75) is 118 Å². The van der Waals surface area contributed by atoms with Gasteiger partial charge in [-0.25, -0.2) is 9.97 Å². The Morgan fingerprint density at radius 3 is 1.96 bits per heavy atom. The minimum Gasteiger partial charge on any atom is -0.780 e. The molecule has 73 heavy (non-hydrogen) atoms. The van der Waals surface area contributed by atoms with Crippen LogP contribution in [-0.4, -0.2) is 35.9 Å². The maximum absolute atomic E-state index is 15.1. The number of carbonyl (C=O) groups excluding carboxylic acids is 1. The van der Waals surface area contributed by atoms with E-state index in [1.807, 2.05) is 49.7 Å². The van der Waals surface area contributed by atoms with Crippen molar-refractivity contribution in [2.75, 3.05) is 11.5 Å². The first kappa shape index (κ1) is 52.7. The van der Waals surface area contributed by atoms with Crippen molar-refractivity contribution in [1.29, 1.82) is 0 Å². The van der Waals surface area contributed by atoms with Crippen LogP contribution in [0, 0.1) is 39.7 Å². The summed E-state index contributed by atoms with van der Waals surface area (Å²) in [6, 6.07) is 19.6. The quantitative estimate of drug-likeness (QED) is 0.0109. The summed E-state index contributed by atoms with van der Waals surface area (Å²) in [5.74, 6) is 13.3. The van der Waals surface area contributed by atoms with E-state index in [0.29, 0.717) is 55.8 Å². The Morgan fingerprint density at radius 1 is 0.712 bits per heavy atom. The van der Waals surface area contributed by atoms with Gasteiger partial charge in [0.15, 0.2) is 11.8 Å². The van der Waals surface area contributed by atoms with Gasteiger partial charge in [-0.3, -0.25) is 24.1 Å². The Labute approximate surface area is 489 Å². The largest absolute Gasteiger partial charge is 1.00 e. The predicted octanol–water partition coefficient (Wildman–Crippen LogP) is 11.1. The molecule has 0 unspecified atom stereocenters. The van der Waals surface area contributed by atoms with Crippen LogP contribution >= 0.6 is 0 Å². The molecule has 0 spiro atoms. The molecule has 10 aromatic rings. The van der Waals surface area contributed by atoms with Crippen molar-refractivity contribution in [3.63, 3.8) is 0 Å². The first-order chi connectivity index (χ1) is 35.0. The van der Waals surface area contributed by atoms with E-state index in [0.717, 1.165) is 129 Å². The molecule has 0 saturated heterocycles. The summed E-state index contributed by atoms with van der Waals surface area (Å²) in [6.45, 7) is 8.43. The Bertz CT molecular complexity index is 4000. The molecule has 2 N–H and O–H groups in total. The Morgan fingerprint density at radius 2 is 1.32 bits per heavy atom. The molecule has 0 aliphatic carbocycles. The third kappa shape index (κ3) is 9.52. The number of rotatable bonds is 17. The molecule has 0 atom stereocenters. The van der Waals surface area contributed by atoms with Gasteiger partial charge >= 0.3 is 68.9 Å². The number of non-ortho nitro benzene ring substituents is 1. The summed E-state index contributed by atoms with van der Waals surface area (Å²) < 4.78 is 3.63. The van der Waals surface area contributed by atoms with Crippen molar-refractivity contribution >= 4 is 112 Å². The van der Waals surface area contributed by atoms with Gasteiger partial charge < -0.3 is 22.9 Å². The first-order valence-corrected chi connectivity index (χ1v) is 26.4. The van der Waals surface area contributed by atoms with Crippen molar-refractivity contribution in [1.82, 2.24) is 18.9 Å². The molecule has 0 saturated carbocycles. The number of benzene rings is 7. The number of aromatic nitrogens is 4. The number of fused-ring (bicyclic) bond motifs is 7. The molecule has 0 bridgehead atoms. The summed E-state index contributed by atoms with van der Waals surface area (Å²) in [6.07, 6.45) is 15.9. The van der Waals surface area contributed by atoms with Crippen LogP contribution in [0.2, 0.25) is 0 Å². The first-order valence-electron chi connectivity index (χ1n) is 25.8. The Kier molecular flexibility index (Phi) is 16.1. The number of aldehydes is 1. The van der Waals surface area contributed by atoms with Gasteiger partial charge in [0.1, 0.15) is 17.0 Å². The number of nitrogens with zero attached hydrogens (tertiary/aromatic N) is 5. The monoisotopic (exact) mass is 1100 g/mol. The van der Waals surface area contributed by atoms with E-state index >= 15 is 4.79 Å². The van der Waals surface area contributed by atoms with Gasteiger partial charge in [0.2, 0.25) is 0 Å². The van der Waals surface area contributed by atoms with Gasteiger partial charge in [0.25, 0.3) is 11.2 Å². The molecule has 10 rings (SSSR count).